The maximum absolute atomic E-state index is 13.3. The molecule has 0 saturated heterocycles. The Morgan fingerprint density at radius 1 is 1.43 bits per heavy atom. The first-order valence-corrected chi connectivity index (χ1v) is 4.52. The summed E-state index contributed by atoms with van der Waals surface area (Å²) < 4.78 is 31.5. The summed E-state index contributed by atoms with van der Waals surface area (Å²) in [6.07, 6.45) is 0.115. The summed E-state index contributed by atoms with van der Waals surface area (Å²) in [6.45, 7) is 0.688. The van der Waals surface area contributed by atoms with Crippen LogP contribution in [0.25, 0.3) is 0 Å². The molecule has 1 atom stereocenters. The van der Waals surface area contributed by atoms with Crippen molar-refractivity contribution in [3.8, 4) is 0 Å². The number of nitrogens with two attached hydrogens (primary N) is 1. The van der Waals surface area contributed by atoms with Gasteiger partial charge in [0.05, 0.1) is 12.7 Å². The largest absolute Gasteiger partial charge is 0.372 e. The van der Waals surface area contributed by atoms with Gasteiger partial charge in [0.25, 0.3) is 0 Å². The van der Waals surface area contributed by atoms with E-state index in [9.17, 15) is 8.78 Å². The van der Waals surface area contributed by atoms with E-state index in [0.717, 1.165) is 6.07 Å². The van der Waals surface area contributed by atoms with Crippen molar-refractivity contribution < 1.29 is 13.5 Å². The van der Waals surface area contributed by atoms with Crippen LogP contribution < -0.4 is 5.73 Å². The average molecular weight is 199 g/mol. The van der Waals surface area contributed by atoms with Gasteiger partial charge >= 0.3 is 0 Å². The second-order valence-corrected chi connectivity index (χ2v) is 3.27. The van der Waals surface area contributed by atoms with E-state index in [2.05, 4.69) is 0 Å². The third-order valence-electron chi connectivity index (χ3n) is 2.46. The number of hydrogen-bond acceptors (Lipinski definition) is 2. The molecule has 1 aromatic rings. The molecule has 1 heterocycles. The minimum atomic E-state index is -0.804. The zero-order valence-electron chi connectivity index (χ0n) is 7.59. The van der Waals surface area contributed by atoms with Gasteiger partial charge in [-0.25, -0.2) is 8.78 Å². The van der Waals surface area contributed by atoms with Crippen LogP contribution in [0.15, 0.2) is 12.1 Å². The molecular formula is C10H11F2NO. The number of halogens is 2. The number of benzene rings is 1. The SMILES string of the molecule is NC[C@@H]1OCCc2c1ccc(F)c2F. The molecule has 1 aliphatic rings. The molecule has 0 fully saturated rings. The Kier molecular flexibility index (Phi) is 2.48. The second kappa shape index (κ2) is 3.63. The molecular weight excluding hydrogens is 188 g/mol. The van der Waals surface area contributed by atoms with E-state index >= 15 is 0 Å². The smallest absolute Gasteiger partial charge is 0.162 e. The van der Waals surface area contributed by atoms with Gasteiger partial charge in [-0.15, -0.1) is 0 Å². The first-order valence-electron chi connectivity index (χ1n) is 4.52. The molecule has 0 amide bonds. The lowest BCUT2D eigenvalue weighted by Crippen LogP contribution is -2.24. The summed E-state index contributed by atoms with van der Waals surface area (Å²) in [5.41, 5.74) is 6.55. The van der Waals surface area contributed by atoms with E-state index in [0.29, 0.717) is 24.2 Å². The van der Waals surface area contributed by atoms with Gasteiger partial charge in [-0.05, 0) is 23.6 Å². The van der Waals surface area contributed by atoms with Gasteiger partial charge in [0, 0.05) is 6.54 Å². The van der Waals surface area contributed by atoms with E-state index < -0.39 is 11.6 Å². The Balaban J connectivity index is 2.50. The van der Waals surface area contributed by atoms with Crippen molar-refractivity contribution in [1.29, 1.82) is 0 Å². The fraction of sp³-hybridized carbons (Fsp3) is 0.400. The van der Waals surface area contributed by atoms with Crippen LogP contribution in [-0.4, -0.2) is 13.2 Å². The van der Waals surface area contributed by atoms with Crippen molar-refractivity contribution >= 4 is 0 Å². The first kappa shape index (κ1) is 9.55. The van der Waals surface area contributed by atoms with Crippen molar-refractivity contribution in [2.24, 2.45) is 5.73 Å². The fourth-order valence-electron chi connectivity index (χ4n) is 1.75. The quantitative estimate of drug-likeness (QED) is 0.744. The molecule has 0 aromatic heterocycles. The van der Waals surface area contributed by atoms with Crippen molar-refractivity contribution in [2.75, 3.05) is 13.2 Å². The van der Waals surface area contributed by atoms with Crippen LogP contribution in [0.1, 0.15) is 17.2 Å². The van der Waals surface area contributed by atoms with Gasteiger partial charge in [0.15, 0.2) is 11.6 Å². The standard InChI is InChI=1S/C10H11F2NO/c11-8-2-1-6-7(10(8)12)3-4-14-9(6)5-13/h1-2,9H,3-5,13H2/t9-/m0/s1. The Morgan fingerprint density at radius 3 is 2.93 bits per heavy atom. The Morgan fingerprint density at radius 2 is 2.21 bits per heavy atom. The molecule has 4 heteroatoms. The highest BCUT2D eigenvalue weighted by Crippen LogP contribution is 2.29. The van der Waals surface area contributed by atoms with Crippen LogP contribution in [0.5, 0.6) is 0 Å². The van der Waals surface area contributed by atoms with Crippen molar-refractivity contribution in [2.45, 2.75) is 12.5 Å². The average Bonchev–Trinajstić information content (AvgIpc) is 2.23. The number of ether oxygens (including phenoxy) is 1. The van der Waals surface area contributed by atoms with E-state index in [-0.39, 0.29) is 12.6 Å². The number of hydrogen-bond donors (Lipinski definition) is 1. The van der Waals surface area contributed by atoms with E-state index in [1.807, 2.05) is 0 Å². The zero-order chi connectivity index (χ0) is 10.1. The lowest BCUT2D eigenvalue weighted by Gasteiger charge is -2.25. The highest BCUT2D eigenvalue weighted by atomic mass is 19.2. The van der Waals surface area contributed by atoms with E-state index in [4.69, 9.17) is 10.5 Å². The molecule has 14 heavy (non-hydrogen) atoms. The summed E-state index contributed by atoms with van der Waals surface area (Å²) in [4.78, 5) is 0. The first-order chi connectivity index (χ1) is 6.74. The molecule has 2 rings (SSSR count). The molecule has 1 aromatic carbocycles. The number of fused-ring (bicyclic) bond motifs is 1. The minimum Gasteiger partial charge on any atom is -0.372 e. The van der Waals surface area contributed by atoms with Crippen molar-refractivity contribution in [3.63, 3.8) is 0 Å². The summed E-state index contributed by atoms with van der Waals surface area (Å²) in [5, 5.41) is 0. The van der Waals surface area contributed by atoms with Crippen molar-refractivity contribution in [3.05, 3.63) is 34.9 Å². The van der Waals surface area contributed by atoms with Crippen LogP contribution in [0, 0.1) is 11.6 Å². The van der Waals surface area contributed by atoms with Gasteiger partial charge in [-0.3, -0.25) is 0 Å². The lowest BCUT2D eigenvalue weighted by atomic mass is 9.97. The number of rotatable bonds is 1. The Labute approximate surface area is 80.7 Å². The molecule has 2 nitrogen and oxygen atoms in total. The maximum Gasteiger partial charge on any atom is 0.162 e. The highest BCUT2D eigenvalue weighted by Gasteiger charge is 2.23. The van der Waals surface area contributed by atoms with Gasteiger partial charge in [0.1, 0.15) is 0 Å². The molecule has 0 spiro atoms. The van der Waals surface area contributed by atoms with E-state index in [1.165, 1.54) is 0 Å². The molecule has 1 aliphatic heterocycles. The van der Waals surface area contributed by atoms with Crippen molar-refractivity contribution in [1.82, 2.24) is 0 Å². The van der Waals surface area contributed by atoms with Crippen LogP contribution in [-0.2, 0) is 11.2 Å². The third kappa shape index (κ3) is 1.40. The molecule has 76 valence electrons. The van der Waals surface area contributed by atoms with Gasteiger partial charge < -0.3 is 10.5 Å². The summed E-state index contributed by atoms with van der Waals surface area (Å²) in [6, 6.07) is 2.66. The Bertz CT molecular complexity index is 354. The normalized spacial score (nSPS) is 20.6. The predicted octanol–water partition coefficient (Wildman–Crippen LogP) is 1.54. The van der Waals surface area contributed by atoms with Gasteiger partial charge in [-0.2, -0.15) is 0 Å². The van der Waals surface area contributed by atoms with Crippen LogP contribution in [0.4, 0.5) is 8.78 Å². The van der Waals surface area contributed by atoms with E-state index in [1.54, 1.807) is 6.07 Å². The molecule has 2 N–H and O–H groups in total. The second-order valence-electron chi connectivity index (χ2n) is 3.27. The summed E-state index contributed by atoms with van der Waals surface area (Å²) >= 11 is 0. The van der Waals surface area contributed by atoms with Gasteiger partial charge in [-0.1, -0.05) is 6.07 Å². The lowest BCUT2D eigenvalue weighted by molar-refractivity contribution is 0.0471. The molecule has 0 radical (unpaired) electrons. The molecule has 0 bridgehead atoms. The summed E-state index contributed by atoms with van der Waals surface area (Å²) in [5.74, 6) is -1.56. The molecule has 0 saturated carbocycles. The summed E-state index contributed by atoms with van der Waals surface area (Å²) in [7, 11) is 0. The Hall–Kier alpha value is -1.00. The van der Waals surface area contributed by atoms with Gasteiger partial charge in [0.2, 0.25) is 0 Å². The topological polar surface area (TPSA) is 35.2 Å². The van der Waals surface area contributed by atoms with Crippen LogP contribution in [0.3, 0.4) is 0 Å². The third-order valence-corrected chi connectivity index (χ3v) is 2.46. The molecule has 0 aliphatic carbocycles. The maximum atomic E-state index is 13.3. The predicted molar refractivity (Wildman–Crippen MR) is 47.8 cm³/mol. The monoisotopic (exact) mass is 199 g/mol. The van der Waals surface area contributed by atoms with Crippen LogP contribution >= 0.6 is 0 Å². The van der Waals surface area contributed by atoms with Crippen LogP contribution in [0.2, 0.25) is 0 Å². The zero-order valence-corrected chi connectivity index (χ0v) is 7.59. The fourth-order valence-corrected chi connectivity index (χ4v) is 1.75. The molecule has 0 unspecified atom stereocenters. The highest BCUT2D eigenvalue weighted by molar-refractivity contribution is 5.33. The minimum absolute atomic E-state index is 0.290.